The minimum Gasteiger partial charge on any atom is -0.497 e. The quantitative estimate of drug-likeness (QED) is 0.326. The summed E-state index contributed by atoms with van der Waals surface area (Å²) < 4.78 is 16.1. The number of hydrazine groups is 1. The molecule has 1 fully saturated rings. The van der Waals surface area contributed by atoms with Crippen molar-refractivity contribution in [2.75, 3.05) is 20.8 Å². The molecule has 0 atom stereocenters. The number of thiocarbonyl (C=S) groups is 1. The van der Waals surface area contributed by atoms with Crippen LogP contribution in [0.15, 0.2) is 51.8 Å². The number of ether oxygens (including phenoxy) is 3. The molecule has 0 aromatic heterocycles. The van der Waals surface area contributed by atoms with Gasteiger partial charge in [-0.25, -0.2) is 4.79 Å². The van der Waals surface area contributed by atoms with E-state index in [0.29, 0.717) is 22.6 Å². The number of hydrogen-bond acceptors (Lipinski definition) is 8. The molecule has 166 valence electrons. The lowest BCUT2D eigenvalue weighted by atomic mass is 10.2. The molecule has 1 N–H and O–H groups in total. The number of thioether (sulfide) groups is 1. The molecule has 2 amide bonds. The predicted molar refractivity (Wildman–Crippen MR) is 127 cm³/mol. The third-order valence-electron chi connectivity index (χ3n) is 4.19. The van der Waals surface area contributed by atoms with Gasteiger partial charge in [0.05, 0.1) is 19.1 Å². The third-order valence-corrected chi connectivity index (χ3v) is 5.99. The van der Waals surface area contributed by atoms with Crippen LogP contribution < -0.4 is 14.9 Å². The second-order valence-corrected chi connectivity index (χ2v) is 8.82. The van der Waals surface area contributed by atoms with Crippen molar-refractivity contribution in [1.82, 2.24) is 10.4 Å². The van der Waals surface area contributed by atoms with E-state index in [9.17, 15) is 14.4 Å². The first-order chi connectivity index (χ1) is 15.3. The number of nitrogens with zero attached hydrogens (tertiary/aromatic N) is 1. The van der Waals surface area contributed by atoms with Gasteiger partial charge in [-0.1, -0.05) is 27.7 Å². The van der Waals surface area contributed by atoms with Crippen LogP contribution in [0.2, 0.25) is 0 Å². The standard InChI is InChI=1S/C21H17BrN2O6S2/c1-28-15-6-3-12(4-7-15)19(26)23-24-20(27)17(32-21(24)31)10-13-9-14(22)5-8-16(13)30-11-18(25)29-2/h3-10H,11H2,1-2H3,(H,23,26)/b17-10+. The van der Waals surface area contributed by atoms with Gasteiger partial charge in [0.2, 0.25) is 0 Å². The molecule has 2 aromatic rings. The highest BCUT2D eigenvalue weighted by atomic mass is 79.9. The van der Waals surface area contributed by atoms with E-state index in [-0.39, 0.29) is 15.8 Å². The molecule has 1 aliphatic heterocycles. The molecule has 11 heteroatoms. The van der Waals surface area contributed by atoms with Gasteiger partial charge in [0.25, 0.3) is 11.8 Å². The molecule has 8 nitrogen and oxygen atoms in total. The molecule has 0 aliphatic carbocycles. The van der Waals surface area contributed by atoms with Gasteiger partial charge in [-0.2, -0.15) is 5.01 Å². The van der Waals surface area contributed by atoms with Crippen molar-refractivity contribution in [2.24, 2.45) is 0 Å². The molecule has 0 radical (unpaired) electrons. The lowest BCUT2D eigenvalue weighted by molar-refractivity contribution is -0.142. The highest BCUT2D eigenvalue weighted by molar-refractivity contribution is 9.10. The number of hydrogen-bond donors (Lipinski definition) is 1. The van der Waals surface area contributed by atoms with Crippen molar-refractivity contribution >= 4 is 68.1 Å². The number of carbonyl (C=O) groups excluding carboxylic acids is 3. The van der Waals surface area contributed by atoms with Crippen molar-refractivity contribution in [3.63, 3.8) is 0 Å². The maximum absolute atomic E-state index is 12.9. The van der Waals surface area contributed by atoms with Crippen LogP contribution in [0.5, 0.6) is 11.5 Å². The Kier molecular flexibility index (Phi) is 7.89. The largest absolute Gasteiger partial charge is 0.497 e. The second-order valence-electron chi connectivity index (χ2n) is 6.23. The summed E-state index contributed by atoms with van der Waals surface area (Å²) in [5.74, 6) is -0.526. The summed E-state index contributed by atoms with van der Waals surface area (Å²) in [5, 5.41) is 1.02. The van der Waals surface area contributed by atoms with Crippen LogP contribution in [0, 0.1) is 0 Å². The molecular formula is C21H17BrN2O6S2. The Morgan fingerprint density at radius 3 is 2.56 bits per heavy atom. The Morgan fingerprint density at radius 2 is 1.91 bits per heavy atom. The van der Waals surface area contributed by atoms with Crippen LogP contribution in [-0.2, 0) is 14.3 Å². The fraction of sp³-hybridized carbons (Fsp3) is 0.143. The zero-order valence-electron chi connectivity index (χ0n) is 16.9. The van der Waals surface area contributed by atoms with Gasteiger partial charge in [0.1, 0.15) is 11.5 Å². The van der Waals surface area contributed by atoms with Crippen LogP contribution >= 0.6 is 39.9 Å². The van der Waals surface area contributed by atoms with Gasteiger partial charge in [-0.05, 0) is 60.8 Å². The first kappa shape index (κ1) is 23.8. The summed E-state index contributed by atoms with van der Waals surface area (Å²) in [6, 6.07) is 11.6. The molecule has 2 aromatic carbocycles. The Hall–Kier alpha value is -2.89. The number of benzene rings is 2. The summed E-state index contributed by atoms with van der Waals surface area (Å²) in [6.07, 6.45) is 1.58. The fourth-order valence-corrected chi connectivity index (χ4v) is 4.12. The van der Waals surface area contributed by atoms with Crippen LogP contribution in [0.1, 0.15) is 15.9 Å². The smallest absolute Gasteiger partial charge is 0.343 e. The summed E-state index contributed by atoms with van der Waals surface area (Å²) >= 11 is 9.68. The van der Waals surface area contributed by atoms with Gasteiger partial charge in [0.15, 0.2) is 10.9 Å². The van der Waals surface area contributed by atoms with E-state index in [1.165, 1.54) is 14.2 Å². The number of nitrogens with one attached hydrogen (secondary N) is 1. The number of carbonyl (C=O) groups is 3. The average molecular weight is 537 g/mol. The summed E-state index contributed by atoms with van der Waals surface area (Å²) in [6.45, 7) is -0.280. The minimum atomic E-state index is -0.536. The van der Waals surface area contributed by atoms with Gasteiger partial charge in [-0.15, -0.1) is 0 Å². The van der Waals surface area contributed by atoms with E-state index in [2.05, 4.69) is 26.1 Å². The molecule has 0 spiro atoms. The highest BCUT2D eigenvalue weighted by Crippen LogP contribution is 2.34. The highest BCUT2D eigenvalue weighted by Gasteiger charge is 2.34. The first-order valence-electron chi connectivity index (χ1n) is 9.04. The molecule has 0 bridgehead atoms. The van der Waals surface area contributed by atoms with Crippen molar-refractivity contribution in [1.29, 1.82) is 0 Å². The van der Waals surface area contributed by atoms with E-state index in [0.717, 1.165) is 21.2 Å². The van der Waals surface area contributed by atoms with Crippen LogP contribution in [-0.4, -0.2) is 47.9 Å². The van der Waals surface area contributed by atoms with Gasteiger partial charge < -0.3 is 14.2 Å². The van der Waals surface area contributed by atoms with E-state index in [1.807, 2.05) is 0 Å². The molecule has 0 unspecified atom stereocenters. The predicted octanol–water partition coefficient (Wildman–Crippen LogP) is 3.56. The molecule has 32 heavy (non-hydrogen) atoms. The van der Waals surface area contributed by atoms with E-state index in [4.69, 9.17) is 21.7 Å². The van der Waals surface area contributed by atoms with E-state index in [1.54, 1.807) is 48.5 Å². The monoisotopic (exact) mass is 536 g/mol. The number of amides is 2. The molecule has 3 rings (SSSR count). The van der Waals surface area contributed by atoms with Crippen molar-refractivity contribution in [2.45, 2.75) is 0 Å². The van der Waals surface area contributed by atoms with Crippen LogP contribution in [0.3, 0.4) is 0 Å². The molecule has 0 saturated carbocycles. The Morgan fingerprint density at radius 1 is 1.19 bits per heavy atom. The molecule has 1 aliphatic rings. The number of methoxy groups -OCH3 is 2. The van der Waals surface area contributed by atoms with Crippen molar-refractivity contribution in [3.8, 4) is 11.5 Å². The Labute approximate surface area is 202 Å². The third kappa shape index (κ3) is 5.67. The molecule has 1 saturated heterocycles. The van der Waals surface area contributed by atoms with E-state index < -0.39 is 17.8 Å². The SMILES string of the molecule is COC(=O)COc1ccc(Br)cc1/C=C1/SC(=S)N(NC(=O)c2ccc(OC)cc2)C1=O. The van der Waals surface area contributed by atoms with Gasteiger partial charge in [0, 0.05) is 15.6 Å². The average Bonchev–Trinajstić information content (AvgIpc) is 3.05. The number of rotatable bonds is 7. The zero-order valence-corrected chi connectivity index (χ0v) is 20.1. The lowest BCUT2D eigenvalue weighted by Crippen LogP contribution is -2.44. The minimum absolute atomic E-state index is 0.176. The fourth-order valence-electron chi connectivity index (χ4n) is 2.57. The normalized spacial score (nSPS) is 14.5. The van der Waals surface area contributed by atoms with Crippen molar-refractivity contribution < 1.29 is 28.6 Å². The van der Waals surface area contributed by atoms with Crippen molar-refractivity contribution in [3.05, 3.63) is 63.0 Å². The summed E-state index contributed by atoms with van der Waals surface area (Å²) in [4.78, 5) is 37.1. The number of esters is 1. The Balaban J connectivity index is 1.78. The second kappa shape index (κ2) is 10.6. The molecular weight excluding hydrogens is 520 g/mol. The lowest BCUT2D eigenvalue weighted by Gasteiger charge is -2.15. The first-order valence-corrected chi connectivity index (χ1v) is 11.1. The van der Waals surface area contributed by atoms with Gasteiger partial charge in [-0.3, -0.25) is 15.0 Å². The summed E-state index contributed by atoms with van der Waals surface area (Å²) in [5.41, 5.74) is 3.41. The van der Waals surface area contributed by atoms with E-state index >= 15 is 0 Å². The maximum Gasteiger partial charge on any atom is 0.343 e. The molecule has 1 heterocycles. The van der Waals surface area contributed by atoms with Crippen LogP contribution in [0.4, 0.5) is 0 Å². The topological polar surface area (TPSA) is 94.2 Å². The summed E-state index contributed by atoms with van der Waals surface area (Å²) in [7, 11) is 2.79. The number of halogens is 1. The zero-order chi connectivity index (χ0) is 23.3. The van der Waals surface area contributed by atoms with Crippen LogP contribution in [0.25, 0.3) is 6.08 Å². The van der Waals surface area contributed by atoms with Gasteiger partial charge >= 0.3 is 5.97 Å². The Bertz CT molecular complexity index is 1100. The maximum atomic E-state index is 12.9.